The summed E-state index contributed by atoms with van der Waals surface area (Å²) in [5.41, 5.74) is 5.59. The predicted molar refractivity (Wildman–Crippen MR) is 137 cm³/mol. The summed E-state index contributed by atoms with van der Waals surface area (Å²) in [5.74, 6) is 0.894. The van der Waals surface area contributed by atoms with Crippen LogP contribution in [0.15, 0.2) is 78.9 Å². The maximum atomic E-state index is 11.3. The highest BCUT2D eigenvalue weighted by atomic mass is 16.5. The third-order valence-electron chi connectivity index (χ3n) is 5.34. The van der Waals surface area contributed by atoms with Crippen LogP contribution in [0.5, 0.6) is 11.5 Å². The van der Waals surface area contributed by atoms with Crippen molar-refractivity contribution in [1.82, 2.24) is 4.90 Å². The second-order valence-electron chi connectivity index (χ2n) is 8.44. The summed E-state index contributed by atoms with van der Waals surface area (Å²) in [7, 11) is 3.84. The van der Waals surface area contributed by atoms with E-state index in [1.165, 1.54) is 12.5 Å². The quantitative estimate of drug-likeness (QED) is 0.254. The molecule has 0 amide bonds. The van der Waals surface area contributed by atoms with Crippen LogP contribution >= 0.6 is 0 Å². The summed E-state index contributed by atoms with van der Waals surface area (Å²) >= 11 is 0. The van der Waals surface area contributed by atoms with Crippen molar-refractivity contribution in [1.29, 1.82) is 0 Å². The average molecular weight is 460 g/mol. The topological polar surface area (TPSA) is 59.0 Å². The number of aliphatic hydroxyl groups excluding tert-OH is 1. The van der Waals surface area contributed by atoms with Gasteiger partial charge in [0.05, 0.1) is 0 Å². The van der Waals surface area contributed by atoms with E-state index in [0.29, 0.717) is 18.0 Å². The highest BCUT2D eigenvalue weighted by molar-refractivity contribution is 5.98. The summed E-state index contributed by atoms with van der Waals surface area (Å²) < 4.78 is 11.0. The predicted octanol–water partition coefficient (Wildman–Crippen LogP) is 5.28. The van der Waals surface area contributed by atoms with Gasteiger partial charge in [-0.25, -0.2) is 0 Å². The van der Waals surface area contributed by atoms with Crippen molar-refractivity contribution in [2.24, 2.45) is 0 Å². The second-order valence-corrected chi connectivity index (χ2v) is 8.44. The van der Waals surface area contributed by atoms with Crippen molar-refractivity contribution in [3.63, 3.8) is 0 Å². The molecule has 0 aromatic heterocycles. The molecule has 3 aromatic rings. The van der Waals surface area contributed by atoms with Crippen LogP contribution in [0.25, 0.3) is 11.1 Å². The van der Waals surface area contributed by atoms with E-state index in [1.807, 2.05) is 85.7 Å². The Hall–Kier alpha value is -3.41. The van der Waals surface area contributed by atoms with Crippen LogP contribution < -0.4 is 9.47 Å². The van der Waals surface area contributed by atoms with Gasteiger partial charge in [-0.15, -0.1) is 0 Å². The van der Waals surface area contributed by atoms with Gasteiger partial charge in [0, 0.05) is 13.5 Å². The highest BCUT2D eigenvalue weighted by Crippen LogP contribution is 2.35. The lowest BCUT2D eigenvalue weighted by Crippen LogP contribution is -2.30. The van der Waals surface area contributed by atoms with Crippen LogP contribution in [-0.4, -0.2) is 49.3 Å². The molecule has 0 saturated heterocycles. The molecule has 0 aliphatic heterocycles. The number of carbonyl (C=O) groups is 1. The molecule has 0 aliphatic rings. The third-order valence-corrected chi connectivity index (χ3v) is 5.34. The van der Waals surface area contributed by atoms with E-state index in [4.69, 9.17) is 9.47 Å². The number of likely N-dealkylation sites (N-methyl/N-ethyl adjacent to an activating group) is 1. The molecule has 5 nitrogen and oxygen atoms in total. The van der Waals surface area contributed by atoms with E-state index < -0.39 is 6.10 Å². The minimum atomic E-state index is -0.550. The molecule has 1 unspecified atom stereocenters. The van der Waals surface area contributed by atoms with Gasteiger partial charge in [0.2, 0.25) is 0 Å². The number of carbonyl (C=O) groups excluding carboxylic acids is 1. The fourth-order valence-electron chi connectivity index (χ4n) is 3.92. The first-order valence-corrected chi connectivity index (χ1v) is 11.5. The second kappa shape index (κ2) is 12.2. The number of benzene rings is 3. The summed E-state index contributed by atoms with van der Waals surface area (Å²) in [6.07, 6.45) is 0.297. The van der Waals surface area contributed by atoms with Gasteiger partial charge >= 0.3 is 5.97 Å². The fourth-order valence-corrected chi connectivity index (χ4v) is 3.92. The monoisotopic (exact) mass is 459 g/mol. The number of hydrogen-bond donors (Lipinski definition) is 1. The molecule has 0 spiro atoms. The third kappa shape index (κ3) is 7.04. The van der Waals surface area contributed by atoms with Crippen LogP contribution in [0.4, 0.5) is 0 Å². The van der Waals surface area contributed by atoms with E-state index >= 15 is 0 Å². The smallest absolute Gasteiger partial charge is 0.308 e. The van der Waals surface area contributed by atoms with Crippen LogP contribution in [0.1, 0.15) is 37.0 Å². The van der Waals surface area contributed by atoms with E-state index in [2.05, 4.69) is 19.1 Å². The Morgan fingerprint density at radius 2 is 1.41 bits per heavy atom. The Balaban J connectivity index is 1.96. The molecule has 0 bridgehead atoms. The molecule has 0 radical (unpaired) electrons. The van der Waals surface area contributed by atoms with Crippen molar-refractivity contribution >= 4 is 17.1 Å². The van der Waals surface area contributed by atoms with Crippen molar-refractivity contribution in [3.8, 4) is 11.5 Å². The Morgan fingerprint density at radius 1 is 0.853 bits per heavy atom. The first kappa shape index (κ1) is 25.2. The number of allylic oxidation sites excluding steroid dienone is 1. The van der Waals surface area contributed by atoms with Crippen LogP contribution in [0, 0.1) is 0 Å². The maximum Gasteiger partial charge on any atom is 0.308 e. The number of nitrogens with zero attached hydrogens (tertiary/aromatic N) is 1. The first-order valence-electron chi connectivity index (χ1n) is 11.5. The zero-order valence-electron chi connectivity index (χ0n) is 20.3. The highest BCUT2D eigenvalue weighted by Gasteiger charge is 2.14. The molecule has 0 saturated carbocycles. The number of hydrogen-bond acceptors (Lipinski definition) is 5. The summed E-state index contributed by atoms with van der Waals surface area (Å²) in [6, 6.07) is 25.9. The van der Waals surface area contributed by atoms with Gasteiger partial charge in [0.15, 0.2) is 0 Å². The molecule has 34 heavy (non-hydrogen) atoms. The van der Waals surface area contributed by atoms with E-state index in [9.17, 15) is 9.90 Å². The number of esters is 1. The van der Waals surface area contributed by atoms with E-state index in [0.717, 1.165) is 28.7 Å². The Morgan fingerprint density at radius 3 is 1.91 bits per heavy atom. The normalized spacial score (nSPS) is 12.8. The van der Waals surface area contributed by atoms with Crippen molar-refractivity contribution in [3.05, 3.63) is 95.6 Å². The lowest BCUT2D eigenvalue weighted by molar-refractivity contribution is -0.131. The van der Waals surface area contributed by atoms with Crippen molar-refractivity contribution < 1.29 is 19.4 Å². The molecule has 1 N–H and O–H groups in total. The van der Waals surface area contributed by atoms with E-state index in [-0.39, 0.29) is 12.6 Å². The van der Waals surface area contributed by atoms with Gasteiger partial charge in [-0.1, -0.05) is 61.5 Å². The molecule has 0 aliphatic carbocycles. The molecular formula is C29H33NO4. The molecule has 3 rings (SSSR count). The van der Waals surface area contributed by atoms with Gasteiger partial charge in [0.1, 0.15) is 24.2 Å². The zero-order chi connectivity index (χ0) is 24.5. The summed E-state index contributed by atoms with van der Waals surface area (Å²) in [6.45, 7) is 4.33. The molecular weight excluding hydrogens is 426 g/mol. The Bertz CT molecular complexity index is 1090. The number of aliphatic hydroxyl groups is 1. The molecule has 178 valence electrons. The Kier molecular flexibility index (Phi) is 9.02. The van der Waals surface area contributed by atoms with Crippen molar-refractivity contribution in [2.45, 2.75) is 26.4 Å². The summed E-state index contributed by atoms with van der Waals surface area (Å²) in [5, 5.41) is 10.1. The minimum absolute atomic E-state index is 0.238. The van der Waals surface area contributed by atoms with Crippen molar-refractivity contribution in [2.75, 3.05) is 27.2 Å². The van der Waals surface area contributed by atoms with Gasteiger partial charge in [-0.2, -0.15) is 0 Å². The van der Waals surface area contributed by atoms with Gasteiger partial charge in [-0.3, -0.25) is 4.79 Å². The van der Waals surface area contributed by atoms with Crippen LogP contribution in [-0.2, 0) is 4.79 Å². The standard InChI is InChI=1S/C29H33NO4/c1-5-28(22-9-7-6-8-10-22)29(24-13-17-27(18-14-24)34-21(2)31)23-11-15-26(16-12-23)33-20-25(32)19-30(3)4/h6-18,25,32H,5,19-20H2,1-4H3. The number of rotatable bonds is 10. The van der Waals surface area contributed by atoms with E-state index in [1.54, 1.807) is 0 Å². The van der Waals surface area contributed by atoms with Gasteiger partial charge in [-0.05, 0) is 72.6 Å². The fraction of sp³-hybridized carbons (Fsp3) is 0.276. The van der Waals surface area contributed by atoms with Crippen LogP contribution in [0.2, 0.25) is 0 Å². The average Bonchev–Trinajstić information content (AvgIpc) is 2.82. The van der Waals surface area contributed by atoms with Gasteiger partial charge in [0.25, 0.3) is 0 Å². The zero-order valence-corrected chi connectivity index (χ0v) is 20.3. The lowest BCUT2D eigenvalue weighted by atomic mass is 9.88. The largest absolute Gasteiger partial charge is 0.491 e. The first-order chi connectivity index (χ1) is 16.4. The maximum absolute atomic E-state index is 11.3. The number of ether oxygens (including phenoxy) is 2. The Labute approximate surface area is 202 Å². The minimum Gasteiger partial charge on any atom is -0.491 e. The summed E-state index contributed by atoms with van der Waals surface area (Å²) in [4.78, 5) is 13.2. The molecule has 1 atom stereocenters. The molecule has 0 fully saturated rings. The van der Waals surface area contributed by atoms with Gasteiger partial charge < -0.3 is 19.5 Å². The van der Waals surface area contributed by atoms with Crippen LogP contribution in [0.3, 0.4) is 0 Å². The molecule has 0 heterocycles. The molecule has 3 aromatic carbocycles. The lowest BCUT2D eigenvalue weighted by Gasteiger charge is -2.18. The SMILES string of the molecule is CCC(=C(c1ccc(OCC(O)CN(C)C)cc1)c1ccc(OC(C)=O)cc1)c1ccccc1. The molecule has 5 heteroatoms.